The highest BCUT2D eigenvalue weighted by Crippen LogP contribution is 2.57. The number of nitrogens with zero attached hydrogens (tertiary/aromatic N) is 2. The average molecular weight is 478 g/mol. The van der Waals surface area contributed by atoms with Crippen molar-refractivity contribution in [3.63, 3.8) is 0 Å². The second-order valence-electron chi connectivity index (χ2n) is 9.29. The second kappa shape index (κ2) is 6.25. The molecular formula is C25H21N2O4S2+. The van der Waals surface area contributed by atoms with Gasteiger partial charge in [-0.15, -0.1) is 11.8 Å². The first-order valence-electron chi connectivity index (χ1n) is 11.0. The fraction of sp³-hybridized carbons (Fsp3) is 0.280. The van der Waals surface area contributed by atoms with Crippen molar-refractivity contribution in [1.82, 2.24) is 3.97 Å². The number of ketones is 1. The summed E-state index contributed by atoms with van der Waals surface area (Å²) in [5.74, 6) is -0.295. The molecule has 2 aliphatic carbocycles. The molecule has 5 aliphatic rings. The fourth-order valence-corrected chi connectivity index (χ4v) is 8.84. The monoisotopic (exact) mass is 477 g/mol. The molecule has 7 rings (SSSR count). The molecule has 1 aromatic carbocycles. The standard InChI is InChI=1S/C25H21N2O4S2/c1-14-2-6-18(7-3-14)33(30,31)27-13-15-8-9-26-17-5-4-16-10-21(29)32-25(16,12-17)19-11-20(28)24(27)22(15)23(19)26/h2-7,10-11,13,17,21,29H,8-9,12H2,1H3/q+1/t17-,21?,25+/m0/s1. The smallest absolute Gasteiger partial charge is 0.268 e. The minimum atomic E-state index is -3.92. The molecule has 3 atom stereocenters. The molecule has 3 aliphatic heterocycles. The summed E-state index contributed by atoms with van der Waals surface area (Å²) in [6, 6.07) is 6.86. The van der Waals surface area contributed by atoms with Gasteiger partial charge in [0.2, 0.25) is 11.5 Å². The quantitative estimate of drug-likeness (QED) is 0.673. The van der Waals surface area contributed by atoms with Crippen molar-refractivity contribution in [1.29, 1.82) is 0 Å². The van der Waals surface area contributed by atoms with Gasteiger partial charge in [-0.3, -0.25) is 4.79 Å². The van der Waals surface area contributed by atoms with E-state index in [2.05, 4.69) is 16.7 Å². The molecule has 33 heavy (non-hydrogen) atoms. The van der Waals surface area contributed by atoms with Crippen LogP contribution in [0.5, 0.6) is 0 Å². The summed E-state index contributed by atoms with van der Waals surface area (Å²) >= 11 is 1.48. The summed E-state index contributed by atoms with van der Waals surface area (Å²) < 4.78 is 30.2. The van der Waals surface area contributed by atoms with Crippen molar-refractivity contribution in [2.24, 2.45) is 0 Å². The number of rotatable bonds is 2. The van der Waals surface area contributed by atoms with Crippen LogP contribution in [0.25, 0.3) is 0 Å². The molecule has 0 fully saturated rings. The Morgan fingerprint density at radius 1 is 1.24 bits per heavy atom. The van der Waals surface area contributed by atoms with E-state index in [0.29, 0.717) is 6.42 Å². The van der Waals surface area contributed by atoms with Crippen LogP contribution >= 0.6 is 11.8 Å². The van der Waals surface area contributed by atoms with Crippen molar-refractivity contribution < 1.29 is 22.9 Å². The number of benzene rings is 1. The third-order valence-electron chi connectivity index (χ3n) is 7.48. The third kappa shape index (κ3) is 2.41. The largest absolute Gasteiger partial charge is 0.379 e. The van der Waals surface area contributed by atoms with Crippen LogP contribution in [0.3, 0.4) is 0 Å². The number of carbonyl (C=O) groups is 1. The van der Waals surface area contributed by atoms with E-state index in [1.807, 2.05) is 13.0 Å². The molecule has 0 radical (unpaired) electrons. The first-order chi connectivity index (χ1) is 15.8. The average Bonchev–Trinajstić information content (AvgIpc) is 3.34. The van der Waals surface area contributed by atoms with Crippen LogP contribution in [0.2, 0.25) is 0 Å². The second-order valence-corrected chi connectivity index (χ2v) is 12.5. The first kappa shape index (κ1) is 19.8. The lowest BCUT2D eigenvalue weighted by Crippen LogP contribution is -2.53. The topological polar surface area (TPSA) is 79.4 Å². The lowest BCUT2D eigenvalue weighted by molar-refractivity contribution is -0.559. The summed E-state index contributed by atoms with van der Waals surface area (Å²) in [4.78, 5) is 13.7. The van der Waals surface area contributed by atoms with Gasteiger partial charge >= 0.3 is 0 Å². The van der Waals surface area contributed by atoms with Crippen molar-refractivity contribution in [2.75, 3.05) is 6.54 Å². The van der Waals surface area contributed by atoms with Gasteiger partial charge in [0.25, 0.3) is 10.0 Å². The van der Waals surface area contributed by atoms with Gasteiger partial charge in [-0.1, -0.05) is 23.8 Å². The van der Waals surface area contributed by atoms with Crippen LogP contribution in [0.1, 0.15) is 33.6 Å². The van der Waals surface area contributed by atoms with Crippen molar-refractivity contribution in [3.05, 3.63) is 88.3 Å². The number of aromatic nitrogens is 1. The lowest BCUT2D eigenvalue weighted by atomic mass is 9.70. The first-order valence-corrected chi connectivity index (χ1v) is 13.4. The Morgan fingerprint density at radius 3 is 2.82 bits per heavy atom. The van der Waals surface area contributed by atoms with Gasteiger partial charge in [-0.25, -0.2) is 17.0 Å². The van der Waals surface area contributed by atoms with Crippen LogP contribution in [-0.2, 0) is 16.4 Å². The molecule has 8 heteroatoms. The van der Waals surface area contributed by atoms with Crippen molar-refractivity contribution >= 4 is 33.3 Å². The molecule has 4 heterocycles. The van der Waals surface area contributed by atoms with Gasteiger partial charge < -0.3 is 5.11 Å². The van der Waals surface area contributed by atoms with Crippen molar-refractivity contribution in [3.8, 4) is 0 Å². The maximum absolute atomic E-state index is 13.6. The van der Waals surface area contributed by atoms with Gasteiger partial charge in [0.15, 0.2) is 6.04 Å². The van der Waals surface area contributed by atoms with E-state index >= 15 is 0 Å². The van der Waals surface area contributed by atoms with Gasteiger partial charge in [-0.05, 0) is 48.4 Å². The predicted octanol–water partition coefficient (Wildman–Crippen LogP) is 2.59. The minimum absolute atomic E-state index is 0.151. The van der Waals surface area contributed by atoms with E-state index in [9.17, 15) is 18.3 Å². The summed E-state index contributed by atoms with van der Waals surface area (Å²) in [5.41, 5.74) is 5.10. The molecule has 1 spiro atoms. The number of thioether (sulfide) groups is 1. The minimum Gasteiger partial charge on any atom is -0.379 e. The molecule has 1 N–H and O–H groups in total. The summed E-state index contributed by atoms with van der Waals surface area (Å²) in [6.45, 7) is 2.67. The lowest BCUT2D eigenvalue weighted by Gasteiger charge is -2.43. The van der Waals surface area contributed by atoms with E-state index in [-0.39, 0.29) is 22.4 Å². The molecule has 6 nitrogen and oxygen atoms in total. The molecule has 0 saturated carbocycles. The Bertz CT molecular complexity index is 1520. The van der Waals surface area contributed by atoms with E-state index in [0.717, 1.165) is 46.5 Å². The van der Waals surface area contributed by atoms with E-state index in [1.54, 1.807) is 36.5 Å². The van der Waals surface area contributed by atoms with Crippen LogP contribution in [0.4, 0.5) is 0 Å². The number of carbonyl (C=O) groups excluding carboxylic acids is 1. The Balaban J connectivity index is 1.49. The molecule has 2 aromatic rings. The SMILES string of the molecule is Cc1ccc(S(=O)(=O)n2cc3c4c2C(=O)C=C2C4=[N+](CC3)[C@H]3C=CC4=CC(O)S[C@]42C3)cc1. The highest BCUT2D eigenvalue weighted by Gasteiger charge is 2.59. The van der Waals surface area contributed by atoms with Crippen LogP contribution < -0.4 is 0 Å². The molecule has 1 unspecified atom stereocenters. The van der Waals surface area contributed by atoms with Gasteiger partial charge in [-0.2, -0.15) is 0 Å². The number of aliphatic hydroxyl groups is 1. The Hall–Kier alpha value is -2.68. The Labute approximate surface area is 195 Å². The Morgan fingerprint density at radius 2 is 2.03 bits per heavy atom. The zero-order chi connectivity index (χ0) is 22.7. The third-order valence-corrected chi connectivity index (χ3v) is 10.6. The number of aryl methyl sites for hydroxylation is 1. The number of fused-ring (bicyclic) bond motifs is 2. The molecule has 2 bridgehead atoms. The molecule has 0 saturated heterocycles. The van der Waals surface area contributed by atoms with Gasteiger partial charge in [0.05, 0.1) is 15.2 Å². The molecule has 0 amide bonds. The van der Waals surface area contributed by atoms with E-state index < -0.39 is 20.2 Å². The van der Waals surface area contributed by atoms with E-state index in [4.69, 9.17) is 0 Å². The predicted molar refractivity (Wildman–Crippen MR) is 126 cm³/mol. The zero-order valence-electron chi connectivity index (χ0n) is 17.9. The fourth-order valence-electron chi connectivity index (χ4n) is 6.00. The zero-order valence-corrected chi connectivity index (χ0v) is 19.5. The van der Waals surface area contributed by atoms with Gasteiger partial charge in [0.1, 0.15) is 17.7 Å². The van der Waals surface area contributed by atoms with E-state index in [1.165, 1.54) is 15.7 Å². The summed E-state index contributed by atoms with van der Waals surface area (Å²) in [7, 11) is -3.92. The highest BCUT2D eigenvalue weighted by atomic mass is 32.2. The van der Waals surface area contributed by atoms with Crippen LogP contribution in [-0.4, -0.2) is 56.3 Å². The normalized spacial score (nSPS) is 29.0. The maximum atomic E-state index is 13.6. The maximum Gasteiger partial charge on any atom is 0.268 e. The Kier molecular flexibility index (Phi) is 3.74. The molecular weight excluding hydrogens is 456 g/mol. The number of allylic oxidation sites excluding steroid dienone is 2. The number of hydrogen-bond acceptors (Lipinski definition) is 5. The summed E-state index contributed by atoms with van der Waals surface area (Å²) in [5, 5.41) is 10.4. The summed E-state index contributed by atoms with van der Waals surface area (Å²) in [6.07, 6.45) is 10.9. The van der Waals surface area contributed by atoms with Crippen LogP contribution in [0, 0.1) is 6.92 Å². The van der Waals surface area contributed by atoms with Gasteiger partial charge in [0, 0.05) is 24.6 Å². The van der Waals surface area contributed by atoms with Crippen LogP contribution in [0.15, 0.2) is 70.8 Å². The highest BCUT2D eigenvalue weighted by molar-refractivity contribution is 8.02. The number of hydrogen-bond donors (Lipinski definition) is 1. The molecule has 166 valence electrons. The molecule has 1 aromatic heterocycles. The van der Waals surface area contributed by atoms with Crippen molar-refractivity contribution in [2.45, 2.75) is 40.9 Å². The number of aliphatic hydroxyl groups excluding tert-OH is 1.